The van der Waals surface area contributed by atoms with Gasteiger partial charge in [0.1, 0.15) is 5.01 Å². The number of nitrogens with zero attached hydrogens (tertiary/aromatic N) is 1. The number of thiazole rings is 1. The van der Waals surface area contributed by atoms with Gasteiger partial charge in [-0.25, -0.2) is 18.1 Å². The lowest BCUT2D eigenvalue weighted by atomic mass is 10.4. The van der Waals surface area contributed by atoms with Crippen molar-refractivity contribution in [3.63, 3.8) is 0 Å². The molecule has 0 fully saturated rings. The molecule has 1 aromatic heterocycles. The minimum absolute atomic E-state index is 0.0662. The molecular formula is C8H13ClN2O2S2. The van der Waals surface area contributed by atoms with Crippen molar-refractivity contribution in [3.05, 3.63) is 16.1 Å². The van der Waals surface area contributed by atoms with Gasteiger partial charge in [-0.1, -0.05) is 0 Å². The first-order valence-corrected chi connectivity index (χ1v) is 7.49. The predicted octanol–water partition coefficient (Wildman–Crippen LogP) is 1.67. The first-order valence-electron chi connectivity index (χ1n) is 4.42. The topological polar surface area (TPSA) is 59.1 Å². The molecule has 0 aliphatic carbocycles. The zero-order valence-corrected chi connectivity index (χ0v) is 10.9. The number of hydrogen-bond acceptors (Lipinski definition) is 4. The number of hydrogen-bond donors (Lipinski definition) is 1. The van der Waals surface area contributed by atoms with Gasteiger partial charge in [0.2, 0.25) is 10.0 Å². The molecule has 1 atom stereocenters. The van der Waals surface area contributed by atoms with E-state index in [2.05, 4.69) is 9.71 Å². The van der Waals surface area contributed by atoms with Crippen molar-refractivity contribution in [2.75, 3.05) is 11.6 Å². The second-order valence-corrected chi connectivity index (χ2v) is 6.32. The molecule has 1 heterocycles. The molecule has 0 aliphatic rings. The van der Waals surface area contributed by atoms with E-state index in [-0.39, 0.29) is 17.7 Å². The summed E-state index contributed by atoms with van der Waals surface area (Å²) in [6, 6.07) is -0.295. The van der Waals surface area contributed by atoms with Crippen LogP contribution >= 0.6 is 22.9 Å². The van der Waals surface area contributed by atoms with Crippen LogP contribution in [-0.2, 0) is 10.0 Å². The number of sulfonamides is 1. The third-order valence-corrected chi connectivity index (χ3v) is 4.72. The third-order valence-electron chi connectivity index (χ3n) is 1.71. The maximum Gasteiger partial charge on any atom is 0.213 e. The molecular weight excluding hydrogens is 256 g/mol. The van der Waals surface area contributed by atoms with Crippen molar-refractivity contribution in [2.45, 2.75) is 19.9 Å². The summed E-state index contributed by atoms with van der Waals surface area (Å²) in [4.78, 5) is 4.21. The van der Waals surface area contributed by atoms with Gasteiger partial charge in [-0.2, -0.15) is 0 Å². The van der Waals surface area contributed by atoms with Gasteiger partial charge in [0.15, 0.2) is 0 Å². The van der Waals surface area contributed by atoms with E-state index in [9.17, 15) is 8.42 Å². The van der Waals surface area contributed by atoms with Crippen molar-refractivity contribution >= 4 is 33.0 Å². The van der Waals surface area contributed by atoms with E-state index in [0.29, 0.717) is 0 Å². The maximum absolute atomic E-state index is 11.4. The van der Waals surface area contributed by atoms with Gasteiger partial charge in [0.25, 0.3) is 0 Å². The Balaban J connectivity index is 2.67. The molecule has 0 saturated heterocycles. The van der Waals surface area contributed by atoms with Gasteiger partial charge in [0, 0.05) is 17.0 Å². The maximum atomic E-state index is 11.4. The number of aryl methyl sites for hydroxylation is 1. The fourth-order valence-corrected chi connectivity index (χ4v) is 3.51. The summed E-state index contributed by atoms with van der Waals surface area (Å²) in [5, 5.41) is 2.66. The quantitative estimate of drug-likeness (QED) is 0.827. The molecule has 86 valence electrons. The van der Waals surface area contributed by atoms with Crippen LogP contribution in [0.25, 0.3) is 0 Å². The molecule has 1 rings (SSSR count). The molecule has 0 spiro atoms. The summed E-state index contributed by atoms with van der Waals surface area (Å²) >= 11 is 6.83. The summed E-state index contributed by atoms with van der Waals surface area (Å²) in [5.41, 5.74) is 0.901. The molecule has 0 aliphatic heterocycles. The van der Waals surface area contributed by atoms with Crippen LogP contribution in [0.2, 0.25) is 0 Å². The number of rotatable bonds is 5. The Hall–Kier alpha value is -0.170. The normalized spacial score (nSPS) is 14.1. The average molecular weight is 269 g/mol. The molecule has 1 N–H and O–H groups in total. The van der Waals surface area contributed by atoms with Crippen LogP contribution in [0.15, 0.2) is 5.38 Å². The molecule has 0 saturated carbocycles. The Morgan fingerprint density at radius 3 is 2.80 bits per heavy atom. The average Bonchev–Trinajstić information content (AvgIpc) is 2.50. The number of aromatic nitrogens is 1. The standard InChI is InChI=1S/C8H13ClN2O2S2/c1-6-5-14-8(10-6)7(2)11-15(12,13)4-3-9/h5,7,11H,3-4H2,1-2H3. The molecule has 15 heavy (non-hydrogen) atoms. The van der Waals surface area contributed by atoms with E-state index in [0.717, 1.165) is 10.7 Å². The molecule has 0 radical (unpaired) electrons. The number of nitrogens with one attached hydrogen (secondary N) is 1. The van der Waals surface area contributed by atoms with Gasteiger partial charge in [-0.3, -0.25) is 0 Å². The van der Waals surface area contributed by atoms with Crippen molar-refractivity contribution < 1.29 is 8.42 Å². The molecule has 0 amide bonds. The first-order chi connectivity index (χ1) is 6.94. The van der Waals surface area contributed by atoms with E-state index >= 15 is 0 Å². The van der Waals surface area contributed by atoms with Crippen LogP contribution in [0.4, 0.5) is 0 Å². The van der Waals surface area contributed by atoms with Crippen LogP contribution in [-0.4, -0.2) is 25.0 Å². The van der Waals surface area contributed by atoms with Crippen LogP contribution < -0.4 is 4.72 Å². The Morgan fingerprint density at radius 1 is 1.67 bits per heavy atom. The Labute approximate surface area is 98.7 Å². The van der Waals surface area contributed by atoms with Crippen LogP contribution in [0.5, 0.6) is 0 Å². The molecule has 7 heteroatoms. The highest BCUT2D eigenvalue weighted by Crippen LogP contribution is 2.18. The van der Waals surface area contributed by atoms with Crippen LogP contribution in [0.1, 0.15) is 23.7 Å². The summed E-state index contributed by atoms with van der Waals surface area (Å²) in [5.74, 6) is 0.0300. The third kappa shape index (κ3) is 4.06. The van der Waals surface area contributed by atoms with E-state index in [1.807, 2.05) is 12.3 Å². The lowest BCUT2D eigenvalue weighted by Crippen LogP contribution is -2.29. The zero-order chi connectivity index (χ0) is 11.5. The van der Waals surface area contributed by atoms with Gasteiger partial charge in [0.05, 0.1) is 11.8 Å². The summed E-state index contributed by atoms with van der Waals surface area (Å²) in [6.45, 7) is 3.64. The van der Waals surface area contributed by atoms with Crippen molar-refractivity contribution in [1.82, 2.24) is 9.71 Å². The SMILES string of the molecule is Cc1csc(C(C)NS(=O)(=O)CCCl)n1. The molecule has 0 bridgehead atoms. The van der Waals surface area contributed by atoms with Gasteiger partial charge in [-0.05, 0) is 13.8 Å². The Morgan fingerprint density at radius 2 is 2.33 bits per heavy atom. The number of alkyl halides is 1. The largest absolute Gasteiger partial charge is 0.245 e. The number of halogens is 1. The smallest absolute Gasteiger partial charge is 0.213 e. The van der Waals surface area contributed by atoms with Gasteiger partial charge in [-0.15, -0.1) is 22.9 Å². The van der Waals surface area contributed by atoms with Crippen molar-refractivity contribution in [2.24, 2.45) is 0 Å². The lowest BCUT2D eigenvalue weighted by molar-refractivity contribution is 0.567. The molecule has 0 aromatic carbocycles. The van der Waals surface area contributed by atoms with E-state index in [1.165, 1.54) is 11.3 Å². The summed E-state index contributed by atoms with van der Waals surface area (Å²) < 4.78 is 25.3. The zero-order valence-electron chi connectivity index (χ0n) is 8.53. The highest BCUT2D eigenvalue weighted by molar-refractivity contribution is 7.89. The van der Waals surface area contributed by atoms with Gasteiger partial charge >= 0.3 is 0 Å². The second kappa shape index (κ2) is 5.25. The molecule has 4 nitrogen and oxygen atoms in total. The van der Waals surface area contributed by atoms with Crippen molar-refractivity contribution in [3.8, 4) is 0 Å². The Kier molecular flexibility index (Phi) is 4.51. The minimum atomic E-state index is -3.29. The van der Waals surface area contributed by atoms with Gasteiger partial charge < -0.3 is 0 Å². The van der Waals surface area contributed by atoms with E-state index in [1.54, 1.807) is 6.92 Å². The fourth-order valence-electron chi connectivity index (χ4n) is 1.05. The van der Waals surface area contributed by atoms with E-state index < -0.39 is 10.0 Å². The summed E-state index contributed by atoms with van der Waals surface area (Å²) in [7, 11) is -3.29. The van der Waals surface area contributed by atoms with E-state index in [4.69, 9.17) is 11.6 Å². The minimum Gasteiger partial charge on any atom is -0.245 e. The molecule has 1 aromatic rings. The van der Waals surface area contributed by atoms with Crippen LogP contribution in [0.3, 0.4) is 0 Å². The highest BCUT2D eigenvalue weighted by atomic mass is 35.5. The highest BCUT2D eigenvalue weighted by Gasteiger charge is 2.17. The monoisotopic (exact) mass is 268 g/mol. The fraction of sp³-hybridized carbons (Fsp3) is 0.625. The Bertz CT molecular complexity index is 416. The first kappa shape index (κ1) is 12.9. The van der Waals surface area contributed by atoms with Crippen LogP contribution in [0, 0.1) is 6.92 Å². The lowest BCUT2D eigenvalue weighted by Gasteiger charge is -2.10. The predicted molar refractivity (Wildman–Crippen MR) is 62.9 cm³/mol. The second-order valence-electron chi connectivity index (χ2n) is 3.17. The molecule has 1 unspecified atom stereocenters. The van der Waals surface area contributed by atoms with Crippen molar-refractivity contribution in [1.29, 1.82) is 0 Å². The summed E-state index contributed by atoms with van der Waals surface area (Å²) in [6.07, 6.45) is 0.